The summed E-state index contributed by atoms with van der Waals surface area (Å²) in [4.78, 5) is 26.0. The van der Waals surface area contributed by atoms with Gasteiger partial charge in [0.25, 0.3) is 5.56 Å². The molecule has 1 aliphatic heterocycles. The average Bonchev–Trinajstić information content (AvgIpc) is 3.00. The van der Waals surface area contributed by atoms with E-state index in [2.05, 4.69) is 5.10 Å². The zero-order valence-electron chi connectivity index (χ0n) is 11.7. The van der Waals surface area contributed by atoms with Crippen molar-refractivity contribution in [1.29, 1.82) is 0 Å². The molecule has 2 aromatic rings. The second-order valence-electron chi connectivity index (χ2n) is 4.88. The zero-order chi connectivity index (χ0) is 15.5. The Morgan fingerprint density at radius 2 is 2.09 bits per heavy atom. The first-order chi connectivity index (χ1) is 10.6. The number of rotatable bonds is 3. The second kappa shape index (κ2) is 6.54. The highest BCUT2D eigenvalue weighted by Crippen LogP contribution is 2.38. The summed E-state index contributed by atoms with van der Waals surface area (Å²) in [5.74, 6) is 0.765. The van der Waals surface area contributed by atoms with Gasteiger partial charge in [0.2, 0.25) is 5.91 Å². The van der Waals surface area contributed by atoms with Crippen LogP contribution >= 0.6 is 23.4 Å². The van der Waals surface area contributed by atoms with E-state index in [0.29, 0.717) is 11.6 Å². The van der Waals surface area contributed by atoms with E-state index in [1.54, 1.807) is 22.7 Å². The van der Waals surface area contributed by atoms with Crippen molar-refractivity contribution < 1.29 is 4.79 Å². The quantitative estimate of drug-likeness (QED) is 0.862. The third-order valence-corrected chi connectivity index (χ3v) is 4.95. The van der Waals surface area contributed by atoms with Gasteiger partial charge in [-0.2, -0.15) is 5.10 Å². The van der Waals surface area contributed by atoms with Crippen molar-refractivity contribution in [3.63, 3.8) is 0 Å². The Balaban J connectivity index is 1.78. The smallest absolute Gasteiger partial charge is 0.267 e. The normalized spacial score (nSPS) is 17.7. The number of hydrogen-bond acceptors (Lipinski definition) is 4. The van der Waals surface area contributed by atoms with E-state index in [4.69, 9.17) is 11.6 Å². The van der Waals surface area contributed by atoms with E-state index in [1.807, 2.05) is 24.3 Å². The molecule has 114 valence electrons. The largest absolute Gasteiger partial charge is 0.324 e. The topological polar surface area (TPSA) is 55.2 Å². The molecule has 1 aromatic heterocycles. The third-order valence-electron chi connectivity index (χ3n) is 3.44. The third kappa shape index (κ3) is 3.18. The Hall–Kier alpha value is -1.79. The van der Waals surface area contributed by atoms with E-state index in [-0.39, 0.29) is 23.4 Å². The lowest BCUT2D eigenvalue weighted by atomic mass is 10.2. The molecule has 3 rings (SSSR count). The average molecular weight is 336 g/mol. The van der Waals surface area contributed by atoms with Crippen LogP contribution < -0.4 is 5.56 Å². The van der Waals surface area contributed by atoms with E-state index >= 15 is 0 Å². The molecule has 22 heavy (non-hydrogen) atoms. The maximum absolute atomic E-state index is 12.5. The molecule has 1 saturated heterocycles. The molecule has 2 heterocycles. The molecule has 1 fully saturated rings. The van der Waals surface area contributed by atoms with Crippen molar-refractivity contribution in [1.82, 2.24) is 14.7 Å². The van der Waals surface area contributed by atoms with Crippen LogP contribution in [0.4, 0.5) is 0 Å². The Kier molecular flexibility index (Phi) is 4.49. The van der Waals surface area contributed by atoms with Gasteiger partial charge in [0.15, 0.2) is 0 Å². The van der Waals surface area contributed by atoms with Gasteiger partial charge in [-0.25, -0.2) is 4.68 Å². The summed E-state index contributed by atoms with van der Waals surface area (Å²) in [6, 6.07) is 10.5. The molecule has 0 bridgehead atoms. The van der Waals surface area contributed by atoms with Crippen molar-refractivity contribution in [2.24, 2.45) is 0 Å². The Labute approximate surface area is 136 Å². The number of aromatic nitrogens is 2. The van der Waals surface area contributed by atoms with Gasteiger partial charge in [-0.3, -0.25) is 9.59 Å². The van der Waals surface area contributed by atoms with Crippen LogP contribution in [0.25, 0.3) is 0 Å². The van der Waals surface area contributed by atoms with Gasteiger partial charge in [0.1, 0.15) is 11.9 Å². The Bertz CT molecular complexity index is 732. The van der Waals surface area contributed by atoms with Gasteiger partial charge in [0.05, 0.1) is 0 Å². The fourth-order valence-electron chi connectivity index (χ4n) is 2.35. The van der Waals surface area contributed by atoms with E-state index < -0.39 is 0 Å². The zero-order valence-corrected chi connectivity index (χ0v) is 13.3. The summed E-state index contributed by atoms with van der Waals surface area (Å²) < 4.78 is 1.18. The van der Waals surface area contributed by atoms with Crippen LogP contribution in [-0.2, 0) is 11.3 Å². The molecule has 1 atom stereocenters. The Morgan fingerprint density at radius 1 is 1.32 bits per heavy atom. The van der Waals surface area contributed by atoms with E-state index in [0.717, 1.165) is 11.3 Å². The van der Waals surface area contributed by atoms with Gasteiger partial charge < -0.3 is 4.90 Å². The summed E-state index contributed by atoms with van der Waals surface area (Å²) >= 11 is 7.62. The summed E-state index contributed by atoms with van der Waals surface area (Å²) in [5.41, 5.74) is 0.763. The first-order valence-corrected chi connectivity index (χ1v) is 8.26. The summed E-state index contributed by atoms with van der Waals surface area (Å²) in [7, 11) is 0. The van der Waals surface area contributed by atoms with Gasteiger partial charge in [0, 0.05) is 29.6 Å². The molecule has 0 radical (unpaired) electrons. The molecular formula is C15H14ClN3O2S. The van der Waals surface area contributed by atoms with Crippen molar-refractivity contribution in [2.45, 2.75) is 11.9 Å². The number of amides is 1. The van der Waals surface area contributed by atoms with Gasteiger partial charge in [-0.1, -0.05) is 23.7 Å². The number of hydrogen-bond donors (Lipinski definition) is 0. The molecule has 0 saturated carbocycles. The first-order valence-electron chi connectivity index (χ1n) is 6.84. The van der Waals surface area contributed by atoms with E-state index in [9.17, 15) is 9.59 Å². The van der Waals surface area contributed by atoms with Crippen LogP contribution in [0.3, 0.4) is 0 Å². The maximum Gasteiger partial charge on any atom is 0.267 e. The highest BCUT2D eigenvalue weighted by Gasteiger charge is 2.30. The van der Waals surface area contributed by atoms with E-state index in [1.165, 1.54) is 16.9 Å². The van der Waals surface area contributed by atoms with Crippen molar-refractivity contribution in [3.8, 4) is 0 Å². The summed E-state index contributed by atoms with van der Waals surface area (Å²) in [6.45, 7) is 0.628. The molecular weight excluding hydrogens is 322 g/mol. The number of halogens is 1. The monoisotopic (exact) mass is 335 g/mol. The minimum atomic E-state index is -0.272. The highest BCUT2D eigenvalue weighted by atomic mass is 35.5. The van der Waals surface area contributed by atoms with Gasteiger partial charge in [-0.05, 0) is 23.8 Å². The highest BCUT2D eigenvalue weighted by molar-refractivity contribution is 7.99. The number of nitrogens with zero attached hydrogens (tertiary/aromatic N) is 3. The van der Waals surface area contributed by atoms with Crippen LogP contribution in [-0.4, -0.2) is 32.9 Å². The molecule has 5 nitrogen and oxygen atoms in total. The number of benzene rings is 1. The van der Waals surface area contributed by atoms with Crippen LogP contribution in [0, 0.1) is 0 Å². The molecule has 7 heteroatoms. The molecule has 0 spiro atoms. The lowest BCUT2D eigenvalue weighted by Crippen LogP contribution is -2.36. The second-order valence-corrected chi connectivity index (χ2v) is 6.51. The SMILES string of the molecule is O=C(Cn1ncccc1=O)N1CCSC1c1ccc(Cl)cc1. The molecule has 1 unspecified atom stereocenters. The molecule has 1 aromatic carbocycles. The fourth-order valence-corrected chi connectivity index (χ4v) is 3.76. The van der Waals surface area contributed by atoms with Crippen molar-refractivity contribution in [2.75, 3.05) is 12.3 Å². The number of carbonyl (C=O) groups excluding carboxylic acids is 1. The molecule has 0 N–H and O–H groups in total. The minimum Gasteiger partial charge on any atom is -0.324 e. The molecule has 0 aliphatic carbocycles. The number of thioether (sulfide) groups is 1. The fraction of sp³-hybridized carbons (Fsp3) is 0.267. The summed E-state index contributed by atoms with van der Waals surface area (Å²) in [6.07, 6.45) is 1.50. The van der Waals surface area contributed by atoms with Gasteiger partial charge in [-0.15, -0.1) is 11.8 Å². The predicted molar refractivity (Wildman–Crippen MR) is 86.9 cm³/mol. The van der Waals surface area contributed by atoms with Crippen molar-refractivity contribution in [3.05, 3.63) is 63.5 Å². The van der Waals surface area contributed by atoms with Crippen LogP contribution in [0.5, 0.6) is 0 Å². The standard InChI is InChI=1S/C15H14ClN3O2S/c16-12-5-3-11(4-6-12)15-18(8-9-22-15)14(21)10-19-13(20)2-1-7-17-19/h1-7,15H,8-10H2. The molecule has 1 amide bonds. The summed E-state index contributed by atoms with van der Waals surface area (Å²) in [5, 5.41) is 4.56. The molecule has 1 aliphatic rings. The van der Waals surface area contributed by atoms with Crippen LogP contribution in [0.15, 0.2) is 47.4 Å². The first kappa shape index (κ1) is 15.1. The number of carbonyl (C=O) groups is 1. The maximum atomic E-state index is 12.5. The van der Waals surface area contributed by atoms with Crippen molar-refractivity contribution >= 4 is 29.3 Å². The minimum absolute atomic E-state index is 0.0374. The van der Waals surface area contributed by atoms with Crippen LogP contribution in [0.2, 0.25) is 5.02 Å². The lowest BCUT2D eigenvalue weighted by molar-refractivity contribution is -0.132. The van der Waals surface area contributed by atoms with Gasteiger partial charge >= 0.3 is 0 Å². The Morgan fingerprint density at radius 3 is 2.82 bits per heavy atom. The van der Waals surface area contributed by atoms with Crippen LogP contribution in [0.1, 0.15) is 10.9 Å². The predicted octanol–water partition coefficient (Wildman–Crippen LogP) is 2.17. The lowest BCUT2D eigenvalue weighted by Gasteiger charge is -2.24.